The summed E-state index contributed by atoms with van der Waals surface area (Å²) in [5, 5.41) is 21.6. The molecule has 1 atom stereocenters. The van der Waals surface area contributed by atoms with Crippen molar-refractivity contribution in [2.24, 2.45) is 0 Å². The number of benzene rings is 1. The Morgan fingerprint density at radius 2 is 2.13 bits per heavy atom. The van der Waals surface area contributed by atoms with Gasteiger partial charge >= 0.3 is 6.09 Å². The molecule has 8 nitrogen and oxygen atoms in total. The fraction of sp³-hybridized carbons (Fsp3) is 0.333. The highest BCUT2D eigenvalue weighted by molar-refractivity contribution is 6.31. The summed E-state index contributed by atoms with van der Waals surface area (Å²) in [7, 11) is 0. The van der Waals surface area contributed by atoms with Gasteiger partial charge in [-0.2, -0.15) is 5.26 Å². The molecule has 0 saturated carbocycles. The first-order valence-corrected chi connectivity index (χ1v) is 9.84. The fourth-order valence-electron chi connectivity index (χ4n) is 3.56. The number of pyridine rings is 1. The summed E-state index contributed by atoms with van der Waals surface area (Å²) in [6.07, 6.45) is 0.517. The molecule has 2 N–H and O–H groups in total. The third kappa shape index (κ3) is 4.87. The number of nitrogens with zero attached hydrogens (tertiary/aromatic N) is 4. The highest BCUT2D eigenvalue weighted by Crippen LogP contribution is 2.27. The van der Waals surface area contributed by atoms with E-state index in [9.17, 15) is 14.7 Å². The van der Waals surface area contributed by atoms with Crippen LogP contribution in [0.3, 0.4) is 0 Å². The standard InChI is InChI=1S/C21H22ClN5O3/c1-13-11-26(5-6-27(13)21(29)30)12-16-7-17(22)9-19(14(16)2)25-20(28)15-3-4-24-18(8-15)10-23/h3-4,7-9,13H,5-6,11-12H2,1-2H3,(H,25,28)(H,29,30). The zero-order valence-corrected chi connectivity index (χ0v) is 17.5. The van der Waals surface area contributed by atoms with Crippen molar-refractivity contribution < 1.29 is 14.7 Å². The van der Waals surface area contributed by atoms with Crippen LogP contribution in [0.1, 0.15) is 34.1 Å². The number of piperazine rings is 1. The van der Waals surface area contributed by atoms with E-state index in [2.05, 4.69) is 15.2 Å². The molecule has 3 rings (SSSR count). The van der Waals surface area contributed by atoms with Crippen LogP contribution in [-0.2, 0) is 6.54 Å². The quantitative estimate of drug-likeness (QED) is 0.774. The topological polar surface area (TPSA) is 110 Å². The van der Waals surface area contributed by atoms with Gasteiger partial charge in [0.15, 0.2) is 0 Å². The molecule has 2 aromatic rings. The second kappa shape index (κ2) is 9.11. The van der Waals surface area contributed by atoms with Gasteiger partial charge in [-0.15, -0.1) is 0 Å². The summed E-state index contributed by atoms with van der Waals surface area (Å²) in [5.41, 5.74) is 2.94. The van der Waals surface area contributed by atoms with Crippen molar-refractivity contribution in [1.29, 1.82) is 5.26 Å². The lowest BCUT2D eigenvalue weighted by Gasteiger charge is -2.38. The Kier molecular flexibility index (Phi) is 6.55. The number of rotatable bonds is 4. The van der Waals surface area contributed by atoms with Crippen LogP contribution in [0.5, 0.6) is 0 Å². The maximum absolute atomic E-state index is 12.6. The third-order valence-corrected chi connectivity index (χ3v) is 5.43. The predicted octanol–water partition coefficient (Wildman–Crippen LogP) is 3.35. The van der Waals surface area contributed by atoms with Crippen LogP contribution in [0.2, 0.25) is 5.02 Å². The van der Waals surface area contributed by atoms with Crippen LogP contribution in [0, 0.1) is 18.3 Å². The first-order chi connectivity index (χ1) is 14.3. The van der Waals surface area contributed by atoms with Gasteiger partial charge in [0.25, 0.3) is 5.91 Å². The third-order valence-electron chi connectivity index (χ3n) is 5.22. The minimum Gasteiger partial charge on any atom is -0.465 e. The van der Waals surface area contributed by atoms with Gasteiger partial charge in [-0.25, -0.2) is 9.78 Å². The van der Waals surface area contributed by atoms with E-state index in [4.69, 9.17) is 16.9 Å². The van der Waals surface area contributed by atoms with Crippen molar-refractivity contribution in [3.63, 3.8) is 0 Å². The molecule has 0 spiro atoms. The predicted molar refractivity (Wildman–Crippen MR) is 113 cm³/mol. The SMILES string of the molecule is Cc1c(CN2CCN(C(=O)O)C(C)C2)cc(Cl)cc1NC(=O)c1ccnc(C#N)c1. The number of aromatic nitrogens is 1. The maximum Gasteiger partial charge on any atom is 0.407 e. The smallest absolute Gasteiger partial charge is 0.407 e. The highest BCUT2D eigenvalue weighted by Gasteiger charge is 2.27. The summed E-state index contributed by atoms with van der Waals surface area (Å²) < 4.78 is 0. The van der Waals surface area contributed by atoms with Gasteiger partial charge in [-0.1, -0.05) is 11.6 Å². The number of nitrogens with one attached hydrogen (secondary N) is 1. The monoisotopic (exact) mass is 427 g/mol. The minimum absolute atomic E-state index is 0.101. The van der Waals surface area contributed by atoms with Gasteiger partial charge in [0, 0.05) is 54.7 Å². The summed E-state index contributed by atoms with van der Waals surface area (Å²) in [5.74, 6) is -0.353. The number of carboxylic acid groups (broad SMARTS) is 1. The molecule has 1 aromatic heterocycles. The second-order valence-electron chi connectivity index (χ2n) is 7.29. The van der Waals surface area contributed by atoms with E-state index in [0.29, 0.717) is 42.5 Å². The molecule has 2 amide bonds. The van der Waals surface area contributed by atoms with Crippen molar-refractivity contribution in [3.05, 3.63) is 57.9 Å². The Hall–Kier alpha value is -3.15. The molecular formula is C21H22ClN5O3. The number of amides is 2. The summed E-state index contributed by atoms with van der Waals surface area (Å²) in [6, 6.07) is 8.34. The summed E-state index contributed by atoms with van der Waals surface area (Å²) >= 11 is 6.30. The number of hydrogen-bond donors (Lipinski definition) is 2. The van der Waals surface area contributed by atoms with Crippen LogP contribution in [-0.4, -0.2) is 57.6 Å². The molecule has 30 heavy (non-hydrogen) atoms. The number of halogens is 1. The van der Waals surface area contributed by atoms with E-state index in [1.807, 2.05) is 26.0 Å². The second-order valence-corrected chi connectivity index (χ2v) is 7.73. The molecule has 1 unspecified atom stereocenters. The van der Waals surface area contributed by atoms with Crippen molar-refractivity contribution >= 4 is 29.3 Å². The lowest BCUT2D eigenvalue weighted by atomic mass is 10.0. The summed E-state index contributed by atoms with van der Waals surface area (Å²) in [6.45, 7) is 6.09. The minimum atomic E-state index is -0.901. The van der Waals surface area contributed by atoms with Gasteiger partial charge in [0.1, 0.15) is 11.8 Å². The number of hydrogen-bond acceptors (Lipinski definition) is 5. The van der Waals surface area contributed by atoms with Crippen LogP contribution < -0.4 is 5.32 Å². The van der Waals surface area contributed by atoms with Crippen LogP contribution >= 0.6 is 11.6 Å². The zero-order valence-electron chi connectivity index (χ0n) is 16.7. The molecule has 0 radical (unpaired) electrons. The summed E-state index contributed by atoms with van der Waals surface area (Å²) in [4.78, 5) is 31.4. The molecule has 0 bridgehead atoms. The first-order valence-electron chi connectivity index (χ1n) is 9.47. The van der Waals surface area contributed by atoms with Gasteiger partial charge in [-0.3, -0.25) is 9.69 Å². The molecule has 2 heterocycles. The number of anilines is 1. The van der Waals surface area contributed by atoms with E-state index in [1.165, 1.54) is 17.2 Å². The van der Waals surface area contributed by atoms with Crippen LogP contribution in [0.4, 0.5) is 10.5 Å². The normalized spacial score (nSPS) is 16.7. The average Bonchev–Trinajstić information content (AvgIpc) is 2.71. The van der Waals surface area contributed by atoms with Crippen LogP contribution in [0.15, 0.2) is 30.5 Å². The molecule has 1 aliphatic rings. The van der Waals surface area contributed by atoms with Crippen molar-refractivity contribution in [2.45, 2.75) is 26.4 Å². The molecule has 1 aliphatic heterocycles. The van der Waals surface area contributed by atoms with E-state index in [0.717, 1.165) is 11.1 Å². The van der Waals surface area contributed by atoms with Crippen molar-refractivity contribution in [3.8, 4) is 6.07 Å². The largest absolute Gasteiger partial charge is 0.465 e. The maximum atomic E-state index is 12.6. The van der Waals surface area contributed by atoms with Gasteiger partial charge in [-0.05, 0) is 49.2 Å². The van der Waals surface area contributed by atoms with Crippen molar-refractivity contribution in [2.75, 3.05) is 25.0 Å². The molecule has 1 saturated heterocycles. The number of nitriles is 1. The lowest BCUT2D eigenvalue weighted by molar-refractivity contribution is 0.0710. The van der Waals surface area contributed by atoms with Gasteiger partial charge in [0.05, 0.1) is 0 Å². The fourth-order valence-corrected chi connectivity index (χ4v) is 3.80. The first kappa shape index (κ1) is 21.6. The van der Waals surface area contributed by atoms with E-state index in [-0.39, 0.29) is 17.6 Å². The number of carbonyl (C=O) groups excluding carboxylic acids is 1. The van der Waals surface area contributed by atoms with E-state index in [1.54, 1.807) is 12.1 Å². The molecular weight excluding hydrogens is 406 g/mol. The Labute approximate surface area is 179 Å². The Balaban J connectivity index is 1.76. The molecule has 1 aromatic carbocycles. The van der Waals surface area contributed by atoms with E-state index >= 15 is 0 Å². The van der Waals surface area contributed by atoms with Gasteiger partial charge < -0.3 is 15.3 Å². The molecule has 0 aliphatic carbocycles. The van der Waals surface area contributed by atoms with Crippen LogP contribution in [0.25, 0.3) is 0 Å². The Morgan fingerprint density at radius 3 is 2.80 bits per heavy atom. The molecule has 156 valence electrons. The molecule has 1 fully saturated rings. The zero-order chi connectivity index (χ0) is 21.8. The number of carbonyl (C=O) groups is 2. The Morgan fingerprint density at radius 1 is 1.37 bits per heavy atom. The average molecular weight is 428 g/mol. The molecule has 9 heteroatoms. The van der Waals surface area contributed by atoms with Gasteiger partial charge in [0.2, 0.25) is 0 Å². The van der Waals surface area contributed by atoms with E-state index < -0.39 is 6.09 Å². The lowest BCUT2D eigenvalue weighted by Crippen LogP contribution is -2.53. The highest BCUT2D eigenvalue weighted by atomic mass is 35.5. The Bertz CT molecular complexity index is 1020. The van der Waals surface area contributed by atoms with Crippen molar-refractivity contribution in [1.82, 2.24) is 14.8 Å².